The summed E-state index contributed by atoms with van der Waals surface area (Å²) in [6.07, 6.45) is 1.85. The van der Waals surface area contributed by atoms with Gasteiger partial charge in [0.2, 0.25) is 0 Å². The van der Waals surface area contributed by atoms with Gasteiger partial charge >= 0.3 is 0 Å². The van der Waals surface area contributed by atoms with Gasteiger partial charge in [0, 0.05) is 19.8 Å². The molecule has 0 bridgehead atoms. The van der Waals surface area contributed by atoms with Gasteiger partial charge in [0.1, 0.15) is 11.8 Å². The van der Waals surface area contributed by atoms with Crippen molar-refractivity contribution in [3.8, 4) is 6.07 Å². The Kier molecular flexibility index (Phi) is 4.07. The van der Waals surface area contributed by atoms with Gasteiger partial charge in [0.15, 0.2) is 0 Å². The Morgan fingerprint density at radius 1 is 1.50 bits per heavy atom. The molecule has 5 nitrogen and oxygen atoms in total. The maximum atomic E-state index is 9.09. The molecule has 5 heteroatoms. The summed E-state index contributed by atoms with van der Waals surface area (Å²) in [6.45, 7) is 1.97. The summed E-state index contributed by atoms with van der Waals surface area (Å²) in [4.78, 5) is 0. The lowest BCUT2D eigenvalue weighted by molar-refractivity contribution is 0.103. The Hall–Kier alpha value is -1.35. The minimum Gasteiger partial charge on any atom is -0.394 e. The van der Waals surface area contributed by atoms with Crippen molar-refractivity contribution in [2.24, 2.45) is 7.05 Å². The number of rotatable bonds is 5. The first-order valence-corrected chi connectivity index (χ1v) is 5.07. The number of aryl methyl sites for hydroxylation is 1. The van der Waals surface area contributed by atoms with Crippen LogP contribution in [0.15, 0.2) is 12.3 Å². The zero-order valence-electron chi connectivity index (χ0n) is 9.56. The second-order valence-electron chi connectivity index (χ2n) is 4.19. The van der Waals surface area contributed by atoms with E-state index >= 15 is 0 Å². The maximum Gasteiger partial charge on any atom is 0.120 e. The molecule has 0 radical (unpaired) electrons. The molecule has 1 aromatic rings. The summed E-state index contributed by atoms with van der Waals surface area (Å²) in [5.41, 5.74) is 0.849. The van der Waals surface area contributed by atoms with Crippen molar-refractivity contribution in [3.05, 3.63) is 23.5 Å². The zero-order valence-corrected chi connectivity index (χ0v) is 9.56. The van der Waals surface area contributed by atoms with E-state index in [0.29, 0.717) is 12.2 Å². The van der Waals surface area contributed by atoms with E-state index in [9.17, 15) is 0 Å². The molecule has 0 saturated carbocycles. The Morgan fingerprint density at radius 2 is 2.12 bits per heavy atom. The van der Waals surface area contributed by atoms with Crippen LogP contribution >= 0.6 is 0 Å². The van der Waals surface area contributed by atoms with Gasteiger partial charge in [-0.3, -0.25) is 0 Å². The van der Waals surface area contributed by atoms with Gasteiger partial charge in [0.05, 0.1) is 18.8 Å². The number of aliphatic hydroxyl groups is 2. The highest BCUT2D eigenvalue weighted by molar-refractivity contribution is 5.28. The fourth-order valence-electron chi connectivity index (χ4n) is 1.32. The first kappa shape index (κ1) is 12.7. The van der Waals surface area contributed by atoms with Gasteiger partial charge in [0.25, 0.3) is 0 Å². The highest BCUT2D eigenvalue weighted by Gasteiger charge is 2.21. The van der Waals surface area contributed by atoms with Crippen molar-refractivity contribution in [2.75, 3.05) is 13.2 Å². The number of aromatic nitrogens is 1. The lowest BCUT2D eigenvalue weighted by Crippen LogP contribution is -2.48. The minimum absolute atomic E-state index is 0.137. The number of hydrogen-bond acceptors (Lipinski definition) is 4. The van der Waals surface area contributed by atoms with E-state index in [1.807, 2.05) is 6.20 Å². The Morgan fingerprint density at radius 3 is 2.56 bits per heavy atom. The standard InChI is InChI=1S/C11H17N3O2/c1-11(7-15,8-16)13-5-9-3-10(4-12)14(2)6-9/h3,6,13,15-16H,5,7-8H2,1-2H3. The van der Waals surface area contributed by atoms with Crippen LogP contribution in [-0.4, -0.2) is 33.5 Å². The van der Waals surface area contributed by atoms with Crippen LogP contribution in [0.25, 0.3) is 0 Å². The smallest absolute Gasteiger partial charge is 0.120 e. The lowest BCUT2D eigenvalue weighted by atomic mass is 10.1. The van der Waals surface area contributed by atoms with Gasteiger partial charge < -0.3 is 20.1 Å². The molecule has 0 spiro atoms. The molecule has 0 fully saturated rings. The minimum atomic E-state index is -0.692. The summed E-state index contributed by atoms with van der Waals surface area (Å²) in [5, 5.41) is 30.0. The third kappa shape index (κ3) is 2.83. The van der Waals surface area contributed by atoms with Crippen molar-refractivity contribution >= 4 is 0 Å². The van der Waals surface area contributed by atoms with Crippen molar-refractivity contribution in [1.82, 2.24) is 9.88 Å². The van der Waals surface area contributed by atoms with E-state index in [1.54, 1.807) is 24.6 Å². The predicted molar refractivity (Wildman–Crippen MR) is 59.5 cm³/mol. The molecule has 0 atom stereocenters. The van der Waals surface area contributed by atoms with Crippen molar-refractivity contribution < 1.29 is 10.2 Å². The van der Waals surface area contributed by atoms with Crippen molar-refractivity contribution in [1.29, 1.82) is 5.26 Å². The van der Waals surface area contributed by atoms with Crippen LogP contribution < -0.4 is 5.32 Å². The van der Waals surface area contributed by atoms with Crippen LogP contribution in [0.3, 0.4) is 0 Å². The molecule has 3 N–H and O–H groups in total. The van der Waals surface area contributed by atoms with Crippen LogP contribution in [0.1, 0.15) is 18.2 Å². The molecular weight excluding hydrogens is 206 g/mol. The number of nitriles is 1. The van der Waals surface area contributed by atoms with Gasteiger partial charge in [-0.1, -0.05) is 0 Å². The first-order valence-electron chi connectivity index (χ1n) is 5.07. The molecule has 0 aliphatic carbocycles. The largest absolute Gasteiger partial charge is 0.394 e. The predicted octanol–water partition coefficient (Wildman–Crippen LogP) is -0.270. The quantitative estimate of drug-likeness (QED) is 0.642. The van der Waals surface area contributed by atoms with E-state index < -0.39 is 5.54 Å². The van der Waals surface area contributed by atoms with Crippen LogP contribution in [0.5, 0.6) is 0 Å². The van der Waals surface area contributed by atoms with Gasteiger partial charge in [-0.05, 0) is 18.6 Å². The Labute approximate surface area is 94.9 Å². The Balaban J connectivity index is 2.65. The van der Waals surface area contributed by atoms with Gasteiger partial charge in [-0.25, -0.2) is 0 Å². The first-order chi connectivity index (χ1) is 7.54. The molecule has 1 aromatic heterocycles. The van der Waals surface area contributed by atoms with Gasteiger partial charge in [-0.15, -0.1) is 0 Å². The van der Waals surface area contributed by atoms with Crippen molar-refractivity contribution in [3.63, 3.8) is 0 Å². The van der Waals surface area contributed by atoms with E-state index in [2.05, 4.69) is 11.4 Å². The highest BCUT2D eigenvalue weighted by Crippen LogP contribution is 2.08. The van der Waals surface area contributed by atoms with Crippen LogP contribution in [0, 0.1) is 11.3 Å². The van der Waals surface area contributed by atoms with Gasteiger partial charge in [-0.2, -0.15) is 5.26 Å². The van der Waals surface area contributed by atoms with E-state index in [-0.39, 0.29) is 13.2 Å². The monoisotopic (exact) mass is 223 g/mol. The topological polar surface area (TPSA) is 81.2 Å². The molecule has 0 saturated heterocycles. The van der Waals surface area contributed by atoms with E-state index in [0.717, 1.165) is 5.56 Å². The second-order valence-corrected chi connectivity index (χ2v) is 4.19. The number of hydrogen-bond donors (Lipinski definition) is 3. The Bertz CT molecular complexity index is 388. The summed E-state index contributed by atoms with van der Waals surface area (Å²) in [6, 6.07) is 3.86. The molecule has 16 heavy (non-hydrogen) atoms. The van der Waals surface area contributed by atoms with E-state index in [4.69, 9.17) is 15.5 Å². The van der Waals surface area contributed by atoms with Crippen molar-refractivity contribution in [2.45, 2.75) is 19.0 Å². The fourth-order valence-corrected chi connectivity index (χ4v) is 1.32. The average molecular weight is 223 g/mol. The number of aliphatic hydroxyl groups excluding tert-OH is 2. The molecule has 88 valence electrons. The number of nitrogens with one attached hydrogen (secondary N) is 1. The average Bonchev–Trinajstić information content (AvgIpc) is 2.67. The van der Waals surface area contributed by atoms with E-state index in [1.165, 1.54) is 0 Å². The summed E-state index contributed by atoms with van der Waals surface area (Å²) >= 11 is 0. The molecule has 0 unspecified atom stereocenters. The third-order valence-electron chi connectivity index (χ3n) is 2.59. The summed E-state index contributed by atoms with van der Waals surface area (Å²) < 4.78 is 1.74. The summed E-state index contributed by atoms with van der Waals surface area (Å²) in [7, 11) is 1.80. The van der Waals surface area contributed by atoms with Crippen LogP contribution in [0.4, 0.5) is 0 Å². The number of nitrogens with zero attached hydrogens (tertiary/aromatic N) is 2. The normalized spacial score (nSPS) is 11.4. The van der Waals surface area contributed by atoms with Crippen LogP contribution in [0.2, 0.25) is 0 Å². The highest BCUT2D eigenvalue weighted by atomic mass is 16.3. The molecular formula is C11H17N3O2. The molecule has 0 aliphatic rings. The molecule has 1 rings (SSSR count). The molecule has 1 heterocycles. The second kappa shape index (κ2) is 5.12. The third-order valence-corrected chi connectivity index (χ3v) is 2.59. The zero-order chi connectivity index (χ0) is 12.2. The van der Waals surface area contributed by atoms with Crippen LogP contribution in [-0.2, 0) is 13.6 Å². The summed E-state index contributed by atoms with van der Waals surface area (Å²) in [5.74, 6) is 0. The molecule has 0 aliphatic heterocycles. The SMILES string of the molecule is Cn1cc(CNC(C)(CO)CO)cc1C#N. The molecule has 0 aromatic carbocycles. The molecule has 0 amide bonds. The lowest BCUT2D eigenvalue weighted by Gasteiger charge is -2.25. The fraction of sp³-hybridized carbons (Fsp3) is 0.545. The maximum absolute atomic E-state index is 9.09.